The molecule has 1 N–H and O–H groups in total. The number of carbonyl (C=O) groups excluding carboxylic acids is 1. The number of nitrogens with zero attached hydrogens (tertiary/aromatic N) is 1. The fourth-order valence-corrected chi connectivity index (χ4v) is 2.39. The smallest absolute Gasteiger partial charge is 0.416 e. The Labute approximate surface area is 145 Å². The van der Waals surface area contributed by atoms with Crippen molar-refractivity contribution < 1.29 is 22.4 Å². The van der Waals surface area contributed by atoms with Crippen molar-refractivity contribution in [1.82, 2.24) is 4.98 Å². The second-order valence-corrected chi connectivity index (χ2v) is 5.56. The number of halogens is 4. The van der Waals surface area contributed by atoms with Crippen LogP contribution in [0.4, 0.5) is 18.9 Å². The van der Waals surface area contributed by atoms with Gasteiger partial charge in [0, 0.05) is 21.8 Å². The van der Waals surface area contributed by atoms with E-state index < -0.39 is 17.6 Å². The van der Waals surface area contributed by atoms with E-state index in [2.05, 4.69) is 10.3 Å². The Morgan fingerprint density at radius 3 is 2.60 bits per heavy atom. The molecule has 0 saturated heterocycles. The van der Waals surface area contributed by atoms with Crippen LogP contribution in [0.1, 0.15) is 15.9 Å². The zero-order valence-electron chi connectivity index (χ0n) is 12.5. The Bertz CT molecular complexity index is 909. The van der Waals surface area contributed by atoms with E-state index >= 15 is 0 Å². The summed E-state index contributed by atoms with van der Waals surface area (Å²) < 4.78 is 44.4. The summed E-state index contributed by atoms with van der Waals surface area (Å²) in [5.41, 5.74) is -0.561. The van der Waals surface area contributed by atoms with Gasteiger partial charge in [0.25, 0.3) is 5.91 Å². The molecule has 8 heteroatoms. The van der Waals surface area contributed by atoms with Gasteiger partial charge in [-0.15, -0.1) is 0 Å². The van der Waals surface area contributed by atoms with Crippen molar-refractivity contribution in [2.45, 2.75) is 6.18 Å². The van der Waals surface area contributed by atoms with Gasteiger partial charge in [0.15, 0.2) is 12.2 Å². The van der Waals surface area contributed by atoms with Crippen LogP contribution in [0, 0.1) is 0 Å². The Morgan fingerprint density at radius 1 is 1.16 bits per heavy atom. The first-order valence-electron chi connectivity index (χ1n) is 7.01. The molecule has 3 aromatic rings. The summed E-state index contributed by atoms with van der Waals surface area (Å²) in [6.45, 7) is 0. The molecule has 1 amide bonds. The molecule has 0 aliphatic carbocycles. The van der Waals surface area contributed by atoms with Gasteiger partial charge in [-0.25, -0.2) is 4.98 Å². The minimum absolute atomic E-state index is 0.0220. The third-order valence-corrected chi connectivity index (χ3v) is 3.56. The number of hydrogen-bond donors (Lipinski definition) is 1. The maximum atomic E-state index is 13.1. The van der Waals surface area contributed by atoms with Gasteiger partial charge in [-0.05, 0) is 36.4 Å². The number of aromatic nitrogens is 1. The van der Waals surface area contributed by atoms with Crippen LogP contribution >= 0.6 is 11.6 Å². The van der Waals surface area contributed by atoms with E-state index in [0.717, 1.165) is 18.5 Å². The normalized spacial score (nSPS) is 11.4. The molecule has 0 radical (unpaired) electrons. The van der Waals surface area contributed by atoms with Crippen molar-refractivity contribution >= 4 is 23.2 Å². The second kappa shape index (κ2) is 6.60. The predicted octanol–water partition coefficient (Wildman–Crippen LogP) is 5.27. The topological polar surface area (TPSA) is 55.1 Å². The molecule has 0 aliphatic heterocycles. The molecule has 25 heavy (non-hydrogen) atoms. The average molecular weight is 367 g/mol. The molecule has 0 saturated carbocycles. The van der Waals surface area contributed by atoms with Crippen LogP contribution < -0.4 is 5.32 Å². The number of alkyl halides is 3. The Kier molecular flexibility index (Phi) is 4.50. The quantitative estimate of drug-likeness (QED) is 0.687. The number of rotatable bonds is 3. The van der Waals surface area contributed by atoms with Gasteiger partial charge >= 0.3 is 6.18 Å². The standard InChI is InChI=1S/C17H10ClF3N2O2/c18-13-3-1-2-10(5-13)16(24)23-14-6-11(15-8-22-9-25-15)4-12(7-14)17(19,20)21/h1-9H,(H,23,24). The Morgan fingerprint density at radius 2 is 1.96 bits per heavy atom. The number of oxazole rings is 1. The SMILES string of the molecule is O=C(Nc1cc(-c2cnco2)cc(C(F)(F)F)c1)c1cccc(Cl)c1. The number of hydrogen-bond acceptors (Lipinski definition) is 3. The lowest BCUT2D eigenvalue weighted by Gasteiger charge is -2.12. The molecule has 0 fully saturated rings. The average Bonchev–Trinajstić information content (AvgIpc) is 3.08. The first-order chi connectivity index (χ1) is 11.8. The minimum atomic E-state index is -4.58. The van der Waals surface area contributed by atoms with Crippen molar-refractivity contribution in [3.63, 3.8) is 0 Å². The second-order valence-electron chi connectivity index (χ2n) is 5.13. The predicted molar refractivity (Wildman–Crippen MR) is 86.3 cm³/mol. The van der Waals surface area contributed by atoms with Crippen LogP contribution in [0.2, 0.25) is 5.02 Å². The van der Waals surface area contributed by atoms with E-state index in [1.807, 2.05) is 0 Å². The molecule has 128 valence electrons. The van der Waals surface area contributed by atoms with Crippen molar-refractivity contribution in [3.8, 4) is 11.3 Å². The van der Waals surface area contributed by atoms with Gasteiger partial charge in [0.1, 0.15) is 0 Å². The summed E-state index contributed by atoms with van der Waals surface area (Å²) in [5, 5.41) is 2.79. The molecule has 0 bridgehead atoms. The molecular formula is C17H10ClF3N2O2. The molecule has 0 atom stereocenters. The molecule has 3 rings (SSSR count). The van der Waals surface area contributed by atoms with Gasteiger partial charge in [-0.3, -0.25) is 4.79 Å². The zero-order valence-corrected chi connectivity index (χ0v) is 13.2. The van der Waals surface area contributed by atoms with Crippen LogP contribution in [0.3, 0.4) is 0 Å². The van der Waals surface area contributed by atoms with Crippen molar-refractivity contribution in [1.29, 1.82) is 0 Å². The van der Waals surface area contributed by atoms with Crippen LogP contribution in [0.5, 0.6) is 0 Å². The van der Waals surface area contributed by atoms with Crippen molar-refractivity contribution in [2.24, 2.45) is 0 Å². The monoisotopic (exact) mass is 366 g/mol. The van der Waals surface area contributed by atoms with Gasteiger partial charge < -0.3 is 9.73 Å². The summed E-state index contributed by atoms with van der Waals surface area (Å²) >= 11 is 5.82. The minimum Gasteiger partial charge on any atom is -0.444 e. The highest BCUT2D eigenvalue weighted by Crippen LogP contribution is 2.35. The lowest BCUT2D eigenvalue weighted by Crippen LogP contribution is -2.13. The zero-order chi connectivity index (χ0) is 18.0. The summed E-state index contributed by atoms with van der Waals surface area (Å²) in [4.78, 5) is 15.9. The van der Waals surface area contributed by atoms with E-state index in [0.29, 0.717) is 5.02 Å². The molecule has 2 aromatic carbocycles. The van der Waals surface area contributed by atoms with E-state index in [-0.39, 0.29) is 22.6 Å². The van der Waals surface area contributed by atoms with Crippen LogP contribution in [-0.2, 0) is 6.18 Å². The summed E-state index contributed by atoms with van der Waals surface area (Å²) in [7, 11) is 0. The maximum absolute atomic E-state index is 13.1. The molecular weight excluding hydrogens is 357 g/mol. The maximum Gasteiger partial charge on any atom is 0.416 e. The number of benzene rings is 2. The van der Waals surface area contributed by atoms with Crippen molar-refractivity contribution in [3.05, 3.63) is 71.2 Å². The van der Waals surface area contributed by atoms with E-state index in [9.17, 15) is 18.0 Å². The lowest BCUT2D eigenvalue weighted by molar-refractivity contribution is -0.137. The molecule has 0 unspecified atom stereocenters. The number of carbonyl (C=O) groups is 1. The highest BCUT2D eigenvalue weighted by molar-refractivity contribution is 6.31. The summed E-state index contributed by atoms with van der Waals surface area (Å²) in [5.74, 6) is -0.422. The van der Waals surface area contributed by atoms with Crippen molar-refractivity contribution in [2.75, 3.05) is 5.32 Å². The molecule has 0 spiro atoms. The Balaban J connectivity index is 1.97. The Hall–Kier alpha value is -2.80. The van der Waals surface area contributed by atoms with E-state index in [1.165, 1.54) is 24.4 Å². The number of nitrogens with one attached hydrogen (secondary N) is 1. The van der Waals surface area contributed by atoms with Gasteiger partial charge in [0.05, 0.1) is 11.8 Å². The van der Waals surface area contributed by atoms with E-state index in [4.69, 9.17) is 16.0 Å². The van der Waals surface area contributed by atoms with Gasteiger partial charge in [-0.1, -0.05) is 17.7 Å². The third-order valence-electron chi connectivity index (χ3n) is 3.32. The molecule has 0 aliphatic rings. The van der Waals surface area contributed by atoms with Crippen LogP contribution in [0.25, 0.3) is 11.3 Å². The van der Waals surface area contributed by atoms with Gasteiger partial charge in [0.2, 0.25) is 0 Å². The number of anilines is 1. The summed E-state index contributed by atoms with van der Waals surface area (Å²) in [6.07, 6.45) is -2.18. The van der Waals surface area contributed by atoms with Crippen LogP contribution in [0.15, 0.2) is 59.5 Å². The lowest BCUT2D eigenvalue weighted by atomic mass is 10.1. The number of amides is 1. The highest BCUT2D eigenvalue weighted by Gasteiger charge is 2.31. The first-order valence-corrected chi connectivity index (χ1v) is 7.39. The third kappa shape index (κ3) is 4.00. The highest BCUT2D eigenvalue weighted by atomic mass is 35.5. The van der Waals surface area contributed by atoms with E-state index in [1.54, 1.807) is 12.1 Å². The van der Waals surface area contributed by atoms with Gasteiger partial charge in [-0.2, -0.15) is 13.2 Å². The molecule has 1 heterocycles. The first kappa shape index (κ1) is 17.0. The largest absolute Gasteiger partial charge is 0.444 e. The van der Waals surface area contributed by atoms with Crippen LogP contribution in [-0.4, -0.2) is 10.9 Å². The fraction of sp³-hybridized carbons (Fsp3) is 0.0588. The fourth-order valence-electron chi connectivity index (χ4n) is 2.20. The molecule has 4 nitrogen and oxygen atoms in total. The summed E-state index contributed by atoms with van der Waals surface area (Å²) in [6, 6.07) is 9.23. The molecule has 1 aromatic heterocycles.